The Morgan fingerprint density at radius 2 is 2.14 bits per heavy atom. The number of anilines is 1. The maximum absolute atomic E-state index is 13.3. The molecule has 1 N–H and O–H groups in total. The van der Waals surface area contributed by atoms with Crippen molar-refractivity contribution in [1.82, 2.24) is 5.32 Å². The zero-order valence-electron chi connectivity index (χ0n) is 12.1. The van der Waals surface area contributed by atoms with Crippen LogP contribution in [0.3, 0.4) is 0 Å². The molecule has 1 aromatic carbocycles. The van der Waals surface area contributed by atoms with Gasteiger partial charge in [0.25, 0.3) is 0 Å². The third-order valence-electron chi connectivity index (χ3n) is 4.24. The van der Waals surface area contributed by atoms with E-state index in [2.05, 4.69) is 5.32 Å². The Hall–Kier alpha value is -1.91. The van der Waals surface area contributed by atoms with Crippen molar-refractivity contribution in [2.45, 2.75) is 26.2 Å². The number of carbonyl (C=O) groups is 2. The first-order chi connectivity index (χ1) is 10.1. The minimum atomic E-state index is -0.603. The van der Waals surface area contributed by atoms with Gasteiger partial charge in [0.05, 0.1) is 0 Å². The van der Waals surface area contributed by atoms with Gasteiger partial charge >= 0.3 is 0 Å². The molecule has 21 heavy (non-hydrogen) atoms. The molecule has 1 aliphatic heterocycles. The lowest BCUT2D eigenvalue weighted by atomic mass is 10.1. The third-order valence-corrected chi connectivity index (χ3v) is 4.24. The van der Waals surface area contributed by atoms with E-state index in [1.165, 1.54) is 18.9 Å². The van der Waals surface area contributed by atoms with Crippen LogP contribution in [0, 0.1) is 24.6 Å². The largest absolute Gasteiger partial charge is 0.355 e. The molecule has 1 saturated carbocycles. The van der Waals surface area contributed by atoms with E-state index >= 15 is 0 Å². The van der Waals surface area contributed by atoms with Crippen molar-refractivity contribution in [2.24, 2.45) is 11.8 Å². The summed E-state index contributed by atoms with van der Waals surface area (Å²) < 4.78 is 13.3. The number of carbonyl (C=O) groups excluding carboxylic acids is 2. The van der Waals surface area contributed by atoms with Crippen LogP contribution < -0.4 is 10.2 Å². The molecule has 1 aromatic rings. The summed E-state index contributed by atoms with van der Waals surface area (Å²) >= 11 is 0. The SMILES string of the molecule is Cc1cc(N2CCC(C(=O)NCC3CC3)C2=O)ccc1F. The average molecular weight is 290 g/mol. The first-order valence-electron chi connectivity index (χ1n) is 7.41. The van der Waals surface area contributed by atoms with Crippen molar-refractivity contribution in [2.75, 3.05) is 18.0 Å². The lowest BCUT2D eigenvalue weighted by Gasteiger charge is -2.17. The third kappa shape index (κ3) is 2.91. The van der Waals surface area contributed by atoms with E-state index in [0.717, 1.165) is 0 Å². The second-order valence-corrected chi connectivity index (χ2v) is 5.95. The Kier molecular flexibility index (Phi) is 3.66. The van der Waals surface area contributed by atoms with Gasteiger partial charge in [-0.2, -0.15) is 0 Å². The normalized spacial score (nSPS) is 21.7. The van der Waals surface area contributed by atoms with E-state index in [4.69, 9.17) is 0 Å². The zero-order chi connectivity index (χ0) is 15.0. The van der Waals surface area contributed by atoms with E-state index in [0.29, 0.717) is 36.7 Å². The second kappa shape index (κ2) is 5.47. The van der Waals surface area contributed by atoms with E-state index < -0.39 is 5.92 Å². The van der Waals surface area contributed by atoms with Crippen molar-refractivity contribution in [3.63, 3.8) is 0 Å². The van der Waals surface area contributed by atoms with Gasteiger partial charge in [-0.3, -0.25) is 9.59 Å². The number of aryl methyl sites for hydroxylation is 1. The first-order valence-corrected chi connectivity index (χ1v) is 7.41. The molecule has 4 nitrogen and oxygen atoms in total. The summed E-state index contributed by atoms with van der Waals surface area (Å²) in [5.74, 6) is -0.651. The van der Waals surface area contributed by atoms with Crippen LogP contribution in [0.15, 0.2) is 18.2 Å². The van der Waals surface area contributed by atoms with Crippen LogP contribution in [0.5, 0.6) is 0 Å². The molecule has 0 radical (unpaired) electrons. The monoisotopic (exact) mass is 290 g/mol. The maximum atomic E-state index is 13.3. The van der Waals surface area contributed by atoms with Gasteiger partial charge in [-0.1, -0.05) is 0 Å². The molecule has 1 atom stereocenters. The van der Waals surface area contributed by atoms with Gasteiger partial charge in [0, 0.05) is 18.8 Å². The standard InChI is InChI=1S/C16H19FN2O2/c1-10-8-12(4-5-14(10)17)19-7-6-13(16(19)21)15(20)18-9-11-2-3-11/h4-5,8,11,13H,2-3,6-7,9H2,1H3,(H,18,20). The molecule has 1 unspecified atom stereocenters. The highest BCUT2D eigenvalue weighted by atomic mass is 19.1. The topological polar surface area (TPSA) is 49.4 Å². The van der Waals surface area contributed by atoms with Gasteiger partial charge in [0.1, 0.15) is 11.7 Å². The molecule has 5 heteroatoms. The van der Waals surface area contributed by atoms with E-state index in [1.54, 1.807) is 24.0 Å². The molecule has 112 valence electrons. The van der Waals surface area contributed by atoms with E-state index in [9.17, 15) is 14.0 Å². The minimum Gasteiger partial charge on any atom is -0.355 e. The number of hydrogen-bond donors (Lipinski definition) is 1. The fourth-order valence-electron chi connectivity index (χ4n) is 2.67. The van der Waals surface area contributed by atoms with Crippen LogP contribution in [0.4, 0.5) is 10.1 Å². The van der Waals surface area contributed by atoms with Crippen molar-refractivity contribution < 1.29 is 14.0 Å². The molecule has 2 aliphatic rings. The van der Waals surface area contributed by atoms with Crippen LogP contribution in [0.1, 0.15) is 24.8 Å². The van der Waals surface area contributed by atoms with Crippen molar-refractivity contribution >= 4 is 17.5 Å². The Balaban J connectivity index is 1.67. The second-order valence-electron chi connectivity index (χ2n) is 5.95. The molecular formula is C16H19FN2O2. The molecule has 0 spiro atoms. The summed E-state index contributed by atoms with van der Waals surface area (Å²) in [5.41, 5.74) is 1.17. The molecular weight excluding hydrogens is 271 g/mol. The van der Waals surface area contributed by atoms with Crippen LogP contribution in [0.25, 0.3) is 0 Å². The lowest BCUT2D eigenvalue weighted by molar-refractivity contribution is -0.132. The average Bonchev–Trinajstić information content (AvgIpc) is 3.21. The Labute approximate surface area is 123 Å². The molecule has 0 aromatic heterocycles. The number of halogens is 1. The summed E-state index contributed by atoms with van der Waals surface area (Å²) in [6.45, 7) is 2.85. The molecule has 0 bridgehead atoms. The molecule has 1 saturated heterocycles. The predicted molar refractivity (Wildman–Crippen MR) is 77.3 cm³/mol. The first kappa shape index (κ1) is 14.0. The van der Waals surface area contributed by atoms with E-state index in [1.807, 2.05) is 0 Å². The minimum absolute atomic E-state index is 0.173. The zero-order valence-corrected chi connectivity index (χ0v) is 12.1. The Morgan fingerprint density at radius 1 is 1.38 bits per heavy atom. The van der Waals surface area contributed by atoms with Gasteiger partial charge in [-0.05, 0) is 55.9 Å². The quantitative estimate of drug-likeness (QED) is 0.862. The van der Waals surface area contributed by atoms with Crippen molar-refractivity contribution in [3.8, 4) is 0 Å². The van der Waals surface area contributed by atoms with Crippen LogP contribution in [0.2, 0.25) is 0 Å². The number of nitrogens with one attached hydrogen (secondary N) is 1. The van der Waals surface area contributed by atoms with Crippen LogP contribution in [-0.4, -0.2) is 24.9 Å². The highest BCUT2D eigenvalue weighted by molar-refractivity contribution is 6.09. The number of hydrogen-bond acceptors (Lipinski definition) is 2. The number of nitrogens with zero attached hydrogens (tertiary/aromatic N) is 1. The van der Waals surface area contributed by atoms with Gasteiger partial charge in [-0.15, -0.1) is 0 Å². The fraction of sp³-hybridized carbons (Fsp3) is 0.500. The van der Waals surface area contributed by atoms with Gasteiger partial charge in [0.2, 0.25) is 11.8 Å². The molecule has 1 heterocycles. The Bertz CT molecular complexity index is 584. The van der Waals surface area contributed by atoms with Crippen molar-refractivity contribution in [3.05, 3.63) is 29.6 Å². The number of amides is 2. The molecule has 2 fully saturated rings. The molecule has 3 rings (SSSR count). The van der Waals surface area contributed by atoms with Gasteiger partial charge in [0.15, 0.2) is 0 Å². The van der Waals surface area contributed by atoms with Crippen LogP contribution in [-0.2, 0) is 9.59 Å². The predicted octanol–water partition coefficient (Wildman–Crippen LogP) is 2.01. The highest BCUT2D eigenvalue weighted by Gasteiger charge is 2.38. The smallest absolute Gasteiger partial charge is 0.239 e. The van der Waals surface area contributed by atoms with Gasteiger partial charge in [-0.25, -0.2) is 4.39 Å². The fourth-order valence-corrected chi connectivity index (χ4v) is 2.67. The highest BCUT2D eigenvalue weighted by Crippen LogP contribution is 2.29. The van der Waals surface area contributed by atoms with Gasteiger partial charge < -0.3 is 10.2 Å². The maximum Gasteiger partial charge on any atom is 0.239 e. The number of rotatable bonds is 4. The molecule has 1 aliphatic carbocycles. The summed E-state index contributed by atoms with van der Waals surface area (Å²) in [7, 11) is 0. The number of benzene rings is 1. The van der Waals surface area contributed by atoms with E-state index in [-0.39, 0.29) is 17.6 Å². The summed E-state index contributed by atoms with van der Waals surface area (Å²) in [5, 5.41) is 2.86. The summed E-state index contributed by atoms with van der Waals surface area (Å²) in [6, 6.07) is 4.60. The van der Waals surface area contributed by atoms with Crippen LogP contribution >= 0.6 is 0 Å². The summed E-state index contributed by atoms with van der Waals surface area (Å²) in [4.78, 5) is 26.0. The molecule has 2 amide bonds. The summed E-state index contributed by atoms with van der Waals surface area (Å²) in [6.07, 6.45) is 2.85. The Morgan fingerprint density at radius 3 is 2.81 bits per heavy atom. The lowest BCUT2D eigenvalue weighted by Crippen LogP contribution is -2.37. The van der Waals surface area contributed by atoms with Crippen molar-refractivity contribution in [1.29, 1.82) is 0 Å².